The van der Waals surface area contributed by atoms with Crippen molar-refractivity contribution in [2.75, 3.05) is 7.11 Å². The number of carbonyl (C=O) groups excluding carboxylic acids is 1. The van der Waals surface area contributed by atoms with E-state index in [4.69, 9.17) is 9.47 Å². The van der Waals surface area contributed by atoms with Gasteiger partial charge in [0.1, 0.15) is 12.4 Å². The van der Waals surface area contributed by atoms with Crippen LogP contribution >= 0.6 is 0 Å². The van der Waals surface area contributed by atoms with Crippen molar-refractivity contribution in [3.8, 4) is 5.75 Å². The number of hydrogen-bond donors (Lipinski definition) is 0. The molecule has 0 aliphatic heterocycles. The minimum atomic E-state index is -0.206. The molecule has 2 aromatic carbocycles. The largest absolute Gasteiger partial charge is 0.489 e. The highest BCUT2D eigenvalue weighted by Gasteiger charge is 2.29. The lowest BCUT2D eigenvalue weighted by atomic mass is 9.87. The molecule has 0 amide bonds. The first-order valence-electron chi connectivity index (χ1n) is 10.5. The first kappa shape index (κ1) is 19.6. The third-order valence-corrected chi connectivity index (χ3v) is 6.15. The van der Waals surface area contributed by atoms with Crippen molar-refractivity contribution in [2.45, 2.75) is 44.6 Å². The van der Waals surface area contributed by atoms with Gasteiger partial charge in [0.25, 0.3) is 0 Å². The van der Waals surface area contributed by atoms with Crippen molar-refractivity contribution in [3.05, 3.63) is 65.9 Å². The van der Waals surface area contributed by atoms with Gasteiger partial charge in [-0.1, -0.05) is 56.0 Å². The zero-order valence-electron chi connectivity index (χ0n) is 17.3. The van der Waals surface area contributed by atoms with E-state index in [2.05, 4.69) is 35.0 Å². The van der Waals surface area contributed by atoms with Crippen LogP contribution in [-0.4, -0.2) is 17.6 Å². The van der Waals surface area contributed by atoms with Gasteiger partial charge in [0, 0.05) is 24.7 Å². The van der Waals surface area contributed by atoms with E-state index >= 15 is 0 Å². The quantitative estimate of drug-likeness (QED) is 0.493. The summed E-state index contributed by atoms with van der Waals surface area (Å²) in [5.74, 6) is 1.11. The standard InChI is InChI=1S/C25H29NO3/c1-26-16-23(22(25(27)28-2)14-18-8-6-7-9-18)21-13-12-20(15-24(21)26)29-17-19-10-4-3-5-11-19/h3-5,10-13,15-16,18,22H,6-9,14,17H2,1-2H3. The van der Waals surface area contributed by atoms with Gasteiger partial charge in [-0.15, -0.1) is 0 Å². The molecule has 1 heterocycles. The number of methoxy groups -OCH3 is 1. The fraction of sp³-hybridized carbons (Fsp3) is 0.400. The maximum atomic E-state index is 12.6. The number of aromatic nitrogens is 1. The van der Waals surface area contributed by atoms with Crippen molar-refractivity contribution < 1.29 is 14.3 Å². The van der Waals surface area contributed by atoms with E-state index < -0.39 is 0 Å². The van der Waals surface area contributed by atoms with Gasteiger partial charge in [-0.25, -0.2) is 0 Å². The Hall–Kier alpha value is -2.75. The minimum Gasteiger partial charge on any atom is -0.489 e. The topological polar surface area (TPSA) is 40.5 Å². The molecule has 3 aromatic rings. The number of aryl methyl sites for hydroxylation is 1. The zero-order chi connectivity index (χ0) is 20.2. The van der Waals surface area contributed by atoms with E-state index in [1.807, 2.05) is 31.3 Å². The summed E-state index contributed by atoms with van der Waals surface area (Å²) in [6.45, 7) is 0.538. The normalized spacial score (nSPS) is 15.5. The molecule has 29 heavy (non-hydrogen) atoms. The molecule has 0 spiro atoms. The molecule has 0 radical (unpaired) electrons. The summed E-state index contributed by atoms with van der Waals surface area (Å²) < 4.78 is 13.3. The Morgan fingerprint density at radius 1 is 1.14 bits per heavy atom. The maximum Gasteiger partial charge on any atom is 0.313 e. The van der Waals surface area contributed by atoms with Gasteiger partial charge in [-0.05, 0) is 35.6 Å². The Kier molecular flexibility index (Phi) is 5.89. The maximum absolute atomic E-state index is 12.6. The molecule has 1 unspecified atom stereocenters. The number of nitrogens with zero attached hydrogens (tertiary/aromatic N) is 1. The molecule has 1 atom stereocenters. The Morgan fingerprint density at radius 2 is 1.90 bits per heavy atom. The lowest BCUT2D eigenvalue weighted by Crippen LogP contribution is -2.17. The van der Waals surface area contributed by atoms with Crippen LogP contribution in [0.1, 0.15) is 49.1 Å². The van der Waals surface area contributed by atoms with Gasteiger partial charge in [0.2, 0.25) is 0 Å². The molecular weight excluding hydrogens is 362 g/mol. The van der Waals surface area contributed by atoms with Crippen LogP contribution in [0.5, 0.6) is 5.75 Å². The van der Waals surface area contributed by atoms with Crippen LogP contribution in [0.4, 0.5) is 0 Å². The second kappa shape index (κ2) is 8.73. The van der Waals surface area contributed by atoms with Crippen LogP contribution in [0.2, 0.25) is 0 Å². The molecular formula is C25H29NO3. The molecule has 0 N–H and O–H groups in total. The molecule has 1 aromatic heterocycles. The first-order chi connectivity index (χ1) is 14.2. The molecule has 1 saturated carbocycles. The average molecular weight is 392 g/mol. The van der Waals surface area contributed by atoms with Gasteiger partial charge in [-0.2, -0.15) is 0 Å². The van der Waals surface area contributed by atoms with Gasteiger partial charge in [0.05, 0.1) is 18.5 Å². The van der Waals surface area contributed by atoms with Crippen LogP contribution in [0, 0.1) is 5.92 Å². The van der Waals surface area contributed by atoms with Crippen LogP contribution in [-0.2, 0) is 23.2 Å². The third-order valence-electron chi connectivity index (χ3n) is 6.15. The summed E-state index contributed by atoms with van der Waals surface area (Å²) in [6.07, 6.45) is 7.94. The van der Waals surface area contributed by atoms with Gasteiger partial charge in [0.15, 0.2) is 0 Å². The fourth-order valence-electron chi connectivity index (χ4n) is 4.58. The summed E-state index contributed by atoms with van der Waals surface area (Å²) in [5, 5.41) is 1.10. The molecule has 1 aliphatic rings. The number of rotatable bonds is 7. The summed E-state index contributed by atoms with van der Waals surface area (Å²) in [6, 6.07) is 16.3. The van der Waals surface area contributed by atoms with Crippen LogP contribution in [0.15, 0.2) is 54.7 Å². The van der Waals surface area contributed by atoms with E-state index in [0.717, 1.165) is 34.2 Å². The predicted molar refractivity (Wildman–Crippen MR) is 115 cm³/mol. The Morgan fingerprint density at radius 3 is 2.62 bits per heavy atom. The predicted octanol–water partition coefficient (Wildman–Crippen LogP) is 5.59. The molecule has 4 nitrogen and oxygen atoms in total. The third kappa shape index (κ3) is 4.31. The van der Waals surface area contributed by atoms with Crippen molar-refractivity contribution in [2.24, 2.45) is 13.0 Å². The summed E-state index contributed by atoms with van der Waals surface area (Å²) in [7, 11) is 3.52. The van der Waals surface area contributed by atoms with Crippen LogP contribution in [0.25, 0.3) is 10.9 Å². The molecule has 0 bridgehead atoms. The fourth-order valence-corrected chi connectivity index (χ4v) is 4.58. The highest BCUT2D eigenvalue weighted by molar-refractivity contribution is 5.91. The van der Waals surface area contributed by atoms with E-state index in [1.165, 1.54) is 32.8 Å². The second-order valence-electron chi connectivity index (χ2n) is 8.11. The Labute approximate surface area is 172 Å². The zero-order valence-corrected chi connectivity index (χ0v) is 17.3. The number of benzene rings is 2. The number of fused-ring (bicyclic) bond motifs is 1. The molecule has 0 saturated heterocycles. The lowest BCUT2D eigenvalue weighted by Gasteiger charge is -2.18. The lowest BCUT2D eigenvalue weighted by molar-refractivity contribution is -0.142. The van der Waals surface area contributed by atoms with E-state index in [1.54, 1.807) is 0 Å². The van der Waals surface area contributed by atoms with Crippen molar-refractivity contribution in [1.82, 2.24) is 4.57 Å². The summed E-state index contributed by atoms with van der Waals surface area (Å²) in [4.78, 5) is 12.6. The number of esters is 1. The molecule has 1 fully saturated rings. The van der Waals surface area contributed by atoms with Crippen molar-refractivity contribution >= 4 is 16.9 Å². The van der Waals surface area contributed by atoms with E-state index in [-0.39, 0.29) is 11.9 Å². The summed E-state index contributed by atoms with van der Waals surface area (Å²) >= 11 is 0. The van der Waals surface area contributed by atoms with Crippen molar-refractivity contribution in [1.29, 1.82) is 0 Å². The number of hydrogen-bond acceptors (Lipinski definition) is 3. The van der Waals surface area contributed by atoms with E-state index in [9.17, 15) is 4.79 Å². The summed E-state index contributed by atoms with van der Waals surface area (Å²) in [5.41, 5.74) is 3.28. The molecule has 1 aliphatic carbocycles. The number of carbonyl (C=O) groups is 1. The van der Waals surface area contributed by atoms with E-state index in [0.29, 0.717) is 12.5 Å². The molecule has 4 rings (SSSR count). The Balaban J connectivity index is 1.60. The highest BCUT2D eigenvalue weighted by Crippen LogP contribution is 2.38. The smallest absolute Gasteiger partial charge is 0.313 e. The van der Waals surface area contributed by atoms with Gasteiger partial charge < -0.3 is 14.0 Å². The van der Waals surface area contributed by atoms with Crippen LogP contribution < -0.4 is 4.74 Å². The average Bonchev–Trinajstić information content (AvgIpc) is 3.38. The second-order valence-corrected chi connectivity index (χ2v) is 8.11. The molecule has 4 heteroatoms. The van der Waals surface area contributed by atoms with Crippen LogP contribution in [0.3, 0.4) is 0 Å². The first-order valence-corrected chi connectivity index (χ1v) is 10.5. The Bertz CT molecular complexity index is 970. The van der Waals surface area contributed by atoms with Gasteiger partial charge in [-0.3, -0.25) is 4.79 Å². The van der Waals surface area contributed by atoms with Gasteiger partial charge >= 0.3 is 5.97 Å². The highest BCUT2D eigenvalue weighted by atomic mass is 16.5. The SMILES string of the molecule is COC(=O)C(CC1CCCC1)c1cn(C)c2cc(OCc3ccccc3)ccc12. The minimum absolute atomic E-state index is 0.131. The number of ether oxygens (including phenoxy) is 2. The monoisotopic (exact) mass is 391 g/mol. The van der Waals surface area contributed by atoms with Crippen molar-refractivity contribution in [3.63, 3.8) is 0 Å². The molecule has 152 valence electrons.